The lowest BCUT2D eigenvalue weighted by Gasteiger charge is -2.19. The van der Waals surface area contributed by atoms with Gasteiger partial charge in [-0.1, -0.05) is 24.3 Å². The summed E-state index contributed by atoms with van der Waals surface area (Å²) in [5.74, 6) is -4.34. The molecule has 0 fully saturated rings. The Kier molecular flexibility index (Phi) is 6.61. The average Bonchev–Trinajstić information content (AvgIpc) is 3.09. The first kappa shape index (κ1) is 24.6. The van der Waals surface area contributed by atoms with Gasteiger partial charge in [-0.3, -0.25) is 19.2 Å². The van der Waals surface area contributed by atoms with Crippen molar-refractivity contribution in [1.29, 1.82) is 0 Å². The third kappa shape index (κ3) is 5.27. The van der Waals surface area contributed by atoms with Crippen LogP contribution < -0.4 is 15.5 Å². The largest absolute Gasteiger partial charge is 0.406 e. The van der Waals surface area contributed by atoms with Gasteiger partial charge in [0, 0.05) is 28.2 Å². The van der Waals surface area contributed by atoms with Crippen molar-refractivity contribution in [3.05, 3.63) is 89.5 Å². The van der Waals surface area contributed by atoms with Crippen LogP contribution in [0.4, 0.5) is 30.2 Å². The predicted octanol–water partition coefficient (Wildman–Crippen LogP) is 4.77. The molecule has 3 amide bonds. The lowest BCUT2D eigenvalue weighted by atomic mass is 9.96. The first-order valence-electron chi connectivity index (χ1n) is 10.8. The number of ketones is 1. The first-order chi connectivity index (χ1) is 17.0. The fourth-order valence-corrected chi connectivity index (χ4v) is 3.93. The Balaban J connectivity index is 1.60. The fourth-order valence-electron chi connectivity index (χ4n) is 3.93. The number of nitrogens with one attached hydrogen (secondary N) is 2. The van der Waals surface area contributed by atoms with Gasteiger partial charge in [0.15, 0.2) is 5.78 Å². The highest BCUT2D eigenvalue weighted by Crippen LogP contribution is 2.40. The van der Waals surface area contributed by atoms with Crippen molar-refractivity contribution in [3.8, 4) is 0 Å². The summed E-state index contributed by atoms with van der Waals surface area (Å²) in [7, 11) is 0. The van der Waals surface area contributed by atoms with E-state index >= 15 is 0 Å². The number of hydrogen-bond acceptors (Lipinski definition) is 4. The summed E-state index contributed by atoms with van der Waals surface area (Å²) in [6.07, 6.45) is -4.70. The van der Waals surface area contributed by atoms with Crippen molar-refractivity contribution in [2.45, 2.75) is 19.0 Å². The van der Waals surface area contributed by atoms with Gasteiger partial charge < -0.3 is 15.5 Å². The number of fused-ring (bicyclic) bond motifs is 1. The number of halogens is 3. The number of rotatable bonds is 6. The summed E-state index contributed by atoms with van der Waals surface area (Å²) < 4.78 is 39.4. The highest BCUT2D eigenvalue weighted by molar-refractivity contribution is 6.21. The number of Topliss-reactive ketones (excluding diaryl/α,β-unsaturated/α-hetero) is 1. The number of nitrogens with zero attached hydrogens (tertiary/aromatic N) is 1. The number of para-hydroxylation sites is 1. The van der Waals surface area contributed by atoms with Gasteiger partial charge in [0.05, 0.1) is 0 Å². The maximum Gasteiger partial charge on any atom is 0.406 e. The molecule has 1 atom stereocenters. The van der Waals surface area contributed by atoms with E-state index in [-0.39, 0.29) is 33.8 Å². The summed E-state index contributed by atoms with van der Waals surface area (Å²) in [5, 5.41) is 5.22. The van der Waals surface area contributed by atoms with Crippen LogP contribution in [0.25, 0.3) is 0 Å². The van der Waals surface area contributed by atoms with E-state index in [0.717, 1.165) is 0 Å². The number of alkyl halides is 3. The quantitative estimate of drug-likeness (QED) is 0.380. The smallest absolute Gasteiger partial charge is 0.325 e. The monoisotopic (exact) mass is 495 g/mol. The van der Waals surface area contributed by atoms with Crippen LogP contribution in [0.5, 0.6) is 0 Å². The lowest BCUT2D eigenvalue weighted by molar-refractivity contribution is -0.135. The Hall–Kier alpha value is -4.47. The lowest BCUT2D eigenvalue weighted by Crippen LogP contribution is -2.39. The zero-order valence-corrected chi connectivity index (χ0v) is 18.9. The van der Waals surface area contributed by atoms with Gasteiger partial charge in [-0.25, -0.2) is 0 Å². The maximum absolute atomic E-state index is 13.1. The molecule has 1 unspecified atom stereocenters. The van der Waals surface area contributed by atoms with Crippen molar-refractivity contribution in [1.82, 2.24) is 0 Å². The minimum absolute atomic E-state index is 0.00688. The highest BCUT2D eigenvalue weighted by Gasteiger charge is 2.46. The molecular formula is C26H20F3N3O4. The molecule has 184 valence electrons. The third-order valence-corrected chi connectivity index (χ3v) is 5.57. The molecule has 7 nitrogen and oxygen atoms in total. The minimum atomic E-state index is -4.70. The molecule has 3 aromatic carbocycles. The van der Waals surface area contributed by atoms with Gasteiger partial charge in [0.25, 0.3) is 5.91 Å². The fraction of sp³-hybridized carbons (Fsp3) is 0.154. The highest BCUT2D eigenvalue weighted by atomic mass is 19.4. The normalized spacial score (nSPS) is 14.8. The van der Waals surface area contributed by atoms with E-state index in [1.165, 1.54) is 49.4 Å². The molecule has 0 bridgehead atoms. The SMILES string of the molecule is CC(=O)c1ccc2c(c1)C(C(=O)Nc1cccc(C(=O)Nc3ccccc3)c1)C(=O)N2CC(F)(F)F. The second kappa shape index (κ2) is 9.65. The summed E-state index contributed by atoms with van der Waals surface area (Å²) in [4.78, 5) is 51.0. The standard InChI is InChI=1S/C26H20F3N3O4/c1-15(33)16-10-11-21-20(13-16)22(25(36)32(21)14-26(27,28)29)24(35)31-19-9-5-6-17(12-19)23(34)30-18-7-3-2-4-8-18/h2-13,22H,14H2,1H3,(H,30,34)(H,31,35). The van der Waals surface area contributed by atoms with Crippen molar-refractivity contribution in [2.24, 2.45) is 0 Å². The Morgan fingerprint density at radius 1 is 0.861 bits per heavy atom. The third-order valence-electron chi connectivity index (χ3n) is 5.57. The van der Waals surface area contributed by atoms with Gasteiger partial charge in [-0.15, -0.1) is 0 Å². The van der Waals surface area contributed by atoms with E-state index in [4.69, 9.17) is 0 Å². The molecule has 0 saturated heterocycles. The van der Waals surface area contributed by atoms with Crippen LogP contribution in [-0.2, 0) is 9.59 Å². The second-order valence-electron chi connectivity index (χ2n) is 8.19. The zero-order valence-electron chi connectivity index (χ0n) is 18.9. The van der Waals surface area contributed by atoms with Crippen LogP contribution in [0.2, 0.25) is 0 Å². The molecule has 4 rings (SSSR count). The Morgan fingerprint density at radius 3 is 2.22 bits per heavy atom. The minimum Gasteiger partial charge on any atom is -0.325 e. The van der Waals surface area contributed by atoms with E-state index in [1.54, 1.807) is 30.3 Å². The average molecular weight is 495 g/mol. The number of carbonyl (C=O) groups excluding carboxylic acids is 4. The van der Waals surface area contributed by atoms with E-state index < -0.39 is 36.4 Å². The number of hydrogen-bond donors (Lipinski definition) is 2. The van der Waals surface area contributed by atoms with Crippen molar-refractivity contribution in [3.63, 3.8) is 0 Å². The molecule has 0 radical (unpaired) electrons. The Morgan fingerprint density at radius 2 is 1.56 bits per heavy atom. The Labute approximate surface area is 203 Å². The van der Waals surface area contributed by atoms with E-state index in [2.05, 4.69) is 10.6 Å². The first-order valence-corrected chi connectivity index (χ1v) is 10.8. The number of benzene rings is 3. The summed E-state index contributed by atoms with van der Waals surface area (Å²) in [6.45, 7) is -0.301. The van der Waals surface area contributed by atoms with Crippen LogP contribution in [0, 0.1) is 0 Å². The number of anilines is 3. The van der Waals surface area contributed by atoms with E-state index in [0.29, 0.717) is 10.6 Å². The van der Waals surface area contributed by atoms with Crippen molar-refractivity contribution < 1.29 is 32.3 Å². The molecule has 1 heterocycles. The summed E-state index contributed by atoms with van der Waals surface area (Å²) in [6, 6.07) is 18.4. The van der Waals surface area contributed by atoms with Crippen LogP contribution in [0.1, 0.15) is 39.1 Å². The van der Waals surface area contributed by atoms with Gasteiger partial charge in [-0.2, -0.15) is 13.2 Å². The molecule has 3 aromatic rings. The molecule has 1 aliphatic rings. The molecule has 10 heteroatoms. The van der Waals surface area contributed by atoms with Crippen LogP contribution in [0.3, 0.4) is 0 Å². The zero-order chi connectivity index (χ0) is 26.0. The summed E-state index contributed by atoms with van der Waals surface area (Å²) in [5.41, 5.74) is 1.04. The van der Waals surface area contributed by atoms with Crippen molar-refractivity contribution >= 4 is 40.6 Å². The predicted molar refractivity (Wildman–Crippen MR) is 127 cm³/mol. The van der Waals surface area contributed by atoms with Gasteiger partial charge in [0.2, 0.25) is 11.8 Å². The van der Waals surface area contributed by atoms with E-state index in [9.17, 15) is 32.3 Å². The van der Waals surface area contributed by atoms with Crippen LogP contribution in [0.15, 0.2) is 72.8 Å². The topological polar surface area (TPSA) is 95.6 Å². The number of amides is 3. The molecule has 0 saturated carbocycles. The molecule has 0 spiro atoms. The van der Waals surface area contributed by atoms with Gasteiger partial charge in [0.1, 0.15) is 12.5 Å². The molecule has 2 N–H and O–H groups in total. The van der Waals surface area contributed by atoms with Gasteiger partial charge in [-0.05, 0) is 61.0 Å². The molecule has 0 aliphatic carbocycles. The van der Waals surface area contributed by atoms with E-state index in [1.807, 2.05) is 0 Å². The Bertz CT molecular complexity index is 1360. The summed E-state index contributed by atoms with van der Waals surface area (Å²) >= 11 is 0. The number of carbonyl (C=O) groups is 4. The molecule has 36 heavy (non-hydrogen) atoms. The van der Waals surface area contributed by atoms with Crippen LogP contribution >= 0.6 is 0 Å². The van der Waals surface area contributed by atoms with Crippen LogP contribution in [-0.4, -0.2) is 36.2 Å². The second-order valence-corrected chi connectivity index (χ2v) is 8.19. The maximum atomic E-state index is 13.1. The molecule has 0 aromatic heterocycles. The molecule has 1 aliphatic heterocycles. The van der Waals surface area contributed by atoms with Crippen molar-refractivity contribution in [2.75, 3.05) is 22.1 Å². The van der Waals surface area contributed by atoms with Gasteiger partial charge >= 0.3 is 6.18 Å². The molecular weight excluding hydrogens is 475 g/mol.